The van der Waals surface area contributed by atoms with Crippen LogP contribution in [0.2, 0.25) is 0 Å². The van der Waals surface area contributed by atoms with Gasteiger partial charge >= 0.3 is 5.97 Å². The number of esters is 1. The number of carbonyl (C=O) groups excluding carboxylic acids is 1. The number of anilines is 1. The van der Waals surface area contributed by atoms with Crippen LogP contribution in [0.25, 0.3) is 0 Å². The summed E-state index contributed by atoms with van der Waals surface area (Å²) in [6.07, 6.45) is 1.06. The Labute approximate surface area is 125 Å². The van der Waals surface area contributed by atoms with Crippen molar-refractivity contribution in [1.29, 1.82) is 0 Å². The summed E-state index contributed by atoms with van der Waals surface area (Å²) in [5.74, 6) is -0.209. The van der Waals surface area contributed by atoms with Gasteiger partial charge < -0.3 is 10.1 Å². The molecule has 0 atom stereocenters. The van der Waals surface area contributed by atoms with Gasteiger partial charge in [0.1, 0.15) is 0 Å². The second-order valence-corrected chi connectivity index (χ2v) is 4.91. The number of ether oxygens (including phenoxy) is 1. The molecule has 0 aliphatic heterocycles. The fraction of sp³-hybridized carbons (Fsp3) is 0.429. The van der Waals surface area contributed by atoms with E-state index in [1.807, 2.05) is 26.0 Å². The molecular weight excluding hydrogens is 274 g/mol. The molecule has 0 heterocycles. The van der Waals surface area contributed by atoms with Crippen molar-refractivity contribution >= 4 is 29.0 Å². The number of methoxy groups -OCH3 is 1. The highest BCUT2D eigenvalue weighted by Crippen LogP contribution is 2.14. The highest BCUT2D eigenvalue weighted by atomic mass is 32.1. The van der Waals surface area contributed by atoms with Crippen LogP contribution in [0.4, 0.5) is 5.69 Å². The van der Waals surface area contributed by atoms with Crippen LogP contribution in [0.5, 0.6) is 0 Å². The first-order chi connectivity index (χ1) is 9.52. The third-order valence-electron chi connectivity index (χ3n) is 2.77. The maximum absolute atomic E-state index is 10.9. The van der Waals surface area contributed by atoms with Gasteiger partial charge in [0.2, 0.25) is 0 Å². The molecule has 1 rings (SSSR count). The van der Waals surface area contributed by atoms with Crippen molar-refractivity contribution in [2.45, 2.75) is 26.7 Å². The van der Waals surface area contributed by atoms with Crippen LogP contribution < -0.4 is 16.2 Å². The van der Waals surface area contributed by atoms with Crippen LogP contribution in [0, 0.1) is 13.8 Å². The summed E-state index contributed by atoms with van der Waals surface area (Å²) in [6, 6.07) is 6.15. The van der Waals surface area contributed by atoms with Crippen molar-refractivity contribution in [3.63, 3.8) is 0 Å². The molecule has 0 bridgehead atoms. The first kappa shape index (κ1) is 16.2. The quantitative estimate of drug-likeness (QED) is 0.323. The zero-order chi connectivity index (χ0) is 15.0. The smallest absolute Gasteiger partial charge is 0.305 e. The van der Waals surface area contributed by atoms with Gasteiger partial charge in [-0.25, -0.2) is 0 Å². The number of rotatable bonds is 6. The van der Waals surface area contributed by atoms with Crippen LogP contribution in [0.15, 0.2) is 18.2 Å². The predicted octanol–water partition coefficient (Wildman–Crippen LogP) is 2.05. The Bertz CT molecular complexity index is 477. The van der Waals surface area contributed by atoms with E-state index in [0.29, 0.717) is 24.5 Å². The summed E-state index contributed by atoms with van der Waals surface area (Å²) in [5, 5.41) is 3.51. The lowest BCUT2D eigenvalue weighted by Crippen LogP contribution is -2.39. The molecule has 110 valence electrons. The van der Waals surface area contributed by atoms with Crippen molar-refractivity contribution < 1.29 is 9.53 Å². The van der Waals surface area contributed by atoms with Crippen LogP contribution in [-0.2, 0) is 9.53 Å². The maximum Gasteiger partial charge on any atom is 0.305 e. The molecule has 3 N–H and O–H groups in total. The van der Waals surface area contributed by atoms with Crippen molar-refractivity contribution in [3.8, 4) is 0 Å². The summed E-state index contributed by atoms with van der Waals surface area (Å²) in [6.45, 7) is 4.68. The van der Waals surface area contributed by atoms with E-state index in [0.717, 1.165) is 11.3 Å². The minimum atomic E-state index is -0.209. The van der Waals surface area contributed by atoms with Gasteiger partial charge in [0.15, 0.2) is 5.11 Å². The van der Waals surface area contributed by atoms with Crippen LogP contribution >= 0.6 is 12.2 Å². The highest BCUT2D eigenvalue weighted by Gasteiger charge is 2.01. The molecule has 20 heavy (non-hydrogen) atoms. The van der Waals surface area contributed by atoms with Crippen molar-refractivity contribution in [2.24, 2.45) is 0 Å². The van der Waals surface area contributed by atoms with Gasteiger partial charge in [-0.15, -0.1) is 0 Å². The zero-order valence-electron chi connectivity index (χ0n) is 12.1. The Hall–Kier alpha value is -1.82. The molecule has 1 aromatic rings. The summed E-state index contributed by atoms with van der Waals surface area (Å²) < 4.78 is 4.56. The summed E-state index contributed by atoms with van der Waals surface area (Å²) in [4.78, 5) is 10.9. The van der Waals surface area contributed by atoms with Gasteiger partial charge in [0.25, 0.3) is 0 Å². The molecule has 5 nitrogen and oxygen atoms in total. The Kier molecular flexibility index (Phi) is 6.79. The van der Waals surface area contributed by atoms with E-state index in [1.54, 1.807) is 0 Å². The molecule has 0 spiro atoms. The van der Waals surface area contributed by atoms with E-state index < -0.39 is 0 Å². The number of benzene rings is 1. The van der Waals surface area contributed by atoms with Crippen LogP contribution in [0.3, 0.4) is 0 Å². The minimum absolute atomic E-state index is 0.209. The van der Waals surface area contributed by atoms with E-state index in [4.69, 9.17) is 12.2 Å². The Morgan fingerprint density at radius 2 is 2.10 bits per heavy atom. The van der Waals surface area contributed by atoms with Crippen molar-refractivity contribution in [1.82, 2.24) is 10.7 Å². The third kappa shape index (κ3) is 5.88. The maximum atomic E-state index is 10.9. The molecule has 0 fully saturated rings. The van der Waals surface area contributed by atoms with Crippen molar-refractivity contribution in [3.05, 3.63) is 29.3 Å². The third-order valence-corrected chi connectivity index (χ3v) is 3.02. The summed E-state index contributed by atoms with van der Waals surface area (Å²) in [7, 11) is 1.38. The Balaban J connectivity index is 2.26. The Morgan fingerprint density at radius 3 is 2.80 bits per heavy atom. The fourth-order valence-electron chi connectivity index (χ4n) is 1.58. The van der Waals surface area contributed by atoms with E-state index in [9.17, 15) is 4.79 Å². The van der Waals surface area contributed by atoms with Crippen LogP contribution in [-0.4, -0.2) is 24.7 Å². The number of aryl methyl sites for hydroxylation is 2. The highest BCUT2D eigenvalue weighted by molar-refractivity contribution is 7.80. The van der Waals surface area contributed by atoms with Gasteiger partial charge in [-0.1, -0.05) is 12.1 Å². The molecule has 1 aromatic carbocycles. The molecule has 0 radical (unpaired) electrons. The standard InChI is InChI=1S/C14H21N3O2S/c1-10-6-7-11(2)12(9-10)16-17-14(20)15-8-4-5-13(18)19-3/h6-7,9,16H,4-5,8H2,1-3H3,(H2,15,17,20). The van der Waals surface area contributed by atoms with Crippen LogP contribution in [0.1, 0.15) is 24.0 Å². The topological polar surface area (TPSA) is 62.4 Å². The molecule has 0 saturated heterocycles. The molecule has 0 aromatic heterocycles. The van der Waals surface area contributed by atoms with Gasteiger partial charge in [0, 0.05) is 13.0 Å². The molecule has 0 aliphatic carbocycles. The first-order valence-corrected chi connectivity index (χ1v) is 6.87. The Morgan fingerprint density at radius 1 is 1.35 bits per heavy atom. The largest absolute Gasteiger partial charge is 0.469 e. The number of hydrogen-bond donors (Lipinski definition) is 3. The summed E-state index contributed by atoms with van der Waals surface area (Å²) in [5.41, 5.74) is 9.30. The lowest BCUT2D eigenvalue weighted by atomic mass is 10.1. The lowest BCUT2D eigenvalue weighted by Gasteiger charge is -2.14. The number of thiocarbonyl (C=S) groups is 1. The number of nitrogens with one attached hydrogen (secondary N) is 3. The van der Waals surface area contributed by atoms with Gasteiger partial charge in [-0.05, 0) is 49.7 Å². The number of carbonyl (C=O) groups is 1. The number of hydrogen-bond acceptors (Lipinski definition) is 4. The molecule has 0 aliphatic rings. The van der Waals surface area contributed by atoms with E-state index in [-0.39, 0.29) is 5.97 Å². The van der Waals surface area contributed by atoms with E-state index in [1.165, 1.54) is 12.7 Å². The van der Waals surface area contributed by atoms with Gasteiger partial charge in [-0.3, -0.25) is 15.6 Å². The first-order valence-electron chi connectivity index (χ1n) is 6.47. The molecular formula is C14H21N3O2S. The van der Waals surface area contributed by atoms with E-state index in [2.05, 4.69) is 27.0 Å². The minimum Gasteiger partial charge on any atom is -0.469 e. The van der Waals surface area contributed by atoms with Gasteiger partial charge in [0.05, 0.1) is 12.8 Å². The average molecular weight is 295 g/mol. The molecule has 0 amide bonds. The monoisotopic (exact) mass is 295 g/mol. The normalized spacial score (nSPS) is 9.75. The summed E-state index contributed by atoms with van der Waals surface area (Å²) >= 11 is 5.14. The van der Waals surface area contributed by atoms with E-state index >= 15 is 0 Å². The lowest BCUT2D eigenvalue weighted by molar-refractivity contribution is -0.140. The fourth-order valence-corrected chi connectivity index (χ4v) is 1.73. The molecule has 0 saturated carbocycles. The number of hydrazine groups is 1. The van der Waals surface area contributed by atoms with Gasteiger partial charge in [-0.2, -0.15) is 0 Å². The van der Waals surface area contributed by atoms with Crippen molar-refractivity contribution in [2.75, 3.05) is 19.1 Å². The molecule has 0 unspecified atom stereocenters. The predicted molar refractivity (Wildman–Crippen MR) is 84.5 cm³/mol. The average Bonchev–Trinajstić information content (AvgIpc) is 2.44. The second-order valence-electron chi connectivity index (χ2n) is 4.50. The zero-order valence-corrected chi connectivity index (χ0v) is 12.9. The molecule has 6 heteroatoms. The second kappa shape index (κ2) is 8.37. The SMILES string of the molecule is COC(=O)CCCNC(=S)NNc1cc(C)ccc1C.